The van der Waals surface area contributed by atoms with Gasteiger partial charge in [0.05, 0.1) is 17.8 Å². The van der Waals surface area contributed by atoms with Crippen molar-refractivity contribution in [2.45, 2.75) is 64.1 Å². The van der Waals surface area contributed by atoms with E-state index >= 15 is 0 Å². The van der Waals surface area contributed by atoms with Crippen molar-refractivity contribution in [3.63, 3.8) is 0 Å². The summed E-state index contributed by atoms with van der Waals surface area (Å²) >= 11 is 0. The minimum Gasteiger partial charge on any atom is -0.490 e. The van der Waals surface area contributed by atoms with Crippen LogP contribution in [0.25, 0.3) is 0 Å². The lowest BCUT2D eigenvalue weighted by molar-refractivity contribution is -0.274. The molecule has 1 saturated carbocycles. The number of rotatable bonds is 7. The van der Waals surface area contributed by atoms with E-state index < -0.39 is 12.4 Å². The highest BCUT2D eigenvalue weighted by atomic mass is 19.4. The average molecular weight is 480 g/mol. The predicted octanol–water partition coefficient (Wildman–Crippen LogP) is 5.66. The van der Waals surface area contributed by atoms with E-state index in [1.54, 1.807) is 38.1 Å². The predicted molar refractivity (Wildman–Crippen MR) is 119 cm³/mol. The third-order valence-electron chi connectivity index (χ3n) is 5.09. The standard InChI is InChI=1S/C24H27F3N2O5/c1-15(2)32-22(30)16-3-9-19(10-4-16)33-20-11-5-17(6-12-20)28-23(31)29-18-7-13-21(14-8-18)34-24(25,26)27/h3-4,7-10,13-15,17,20H,5-6,11-12H2,1-2H3,(H2,28,29,31)/t17-,20-. The first-order valence-corrected chi connectivity index (χ1v) is 11.0. The number of nitrogens with one attached hydrogen (secondary N) is 2. The maximum atomic E-state index is 12.2. The number of hydrogen-bond donors (Lipinski definition) is 2. The molecule has 0 unspecified atom stereocenters. The van der Waals surface area contributed by atoms with Crippen molar-refractivity contribution < 1.29 is 37.0 Å². The molecule has 34 heavy (non-hydrogen) atoms. The van der Waals surface area contributed by atoms with Gasteiger partial charge in [0.2, 0.25) is 0 Å². The Morgan fingerprint density at radius 1 is 0.912 bits per heavy atom. The molecule has 1 aliphatic rings. The summed E-state index contributed by atoms with van der Waals surface area (Å²) in [5, 5.41) is 5.47. The summed E-state index contributed by atoms with van der Waals surface area (Å²) in [6, 6.07) is 11.3. The molecule has 3 rings (SSSR count). The van der Waals surface area contributed by atoms with Crippen LogP contribution in [0.15, 0.2) is 48.5 Å². The van der Waals surface area contributed by atoms with Crippen molar-refractivity contribution >= 4 is 17.7 Å². The number of hydrogen-bond acceptors (Lipinski definition) is 5. The van der Waals surface area contributed by atoms with Crippen LogP contribution in [0.4, 0.5) is 23.7 Å². The first-order valence-electron chi connectivity index (χ1n) is 11.0. The number of amides is 2. The van der Waals surface area contributed by atoms with Crippen LogP contribution in [0.3, 0.4) is 0 Å². The summed E-state index contributed by atoms with van der Waals surface area (Å²) < 4.78 is 51.6. The number of carbonyl (C=O) groups excluding carboxylic acids is 2. The maximum Gasteiger partial charge on any atom is 0.573 e. The molecule has 2 aromatic rings. The van der Waals surface area contributed by atoms with E-state index in [9.17, 15) is 22.8 Å². The van der Waals surface area contributed by atoms with Crippen LogP contribution in [-0.4, -0.2) is 36.6 Å². The summed E-state index contributed by atoms with van der Waals surface area (Å²) in [6.07, 6.45) is -2.04. The van der Waals surface area contributed by atoms with E-state index in [0.29, 0.717) is 17.0 Å². The molecule has 0 heterocycles. The van der Waals surface area contributed by atoms with E-state index in [2.05, 4.69) is 15.4 Å². The third-order valence-corrected chi connectivity index (χ3v) is 5.09. The Hall–Kier alpha value is -3.43. The molecule has 10 heteroatoms. The fourth-order valence-electron chi connectivity index (χ4n) is 3.56. The van der Waals surface area contributed by atoms with Crippen LogP contribution in [-0.2, 0) is 4.74 Å². The van der Waals surface area contributed by atoms with Gasteiger partial charge in [0.25, 0.3) is 0 Å². The SMILES string of the molecule is CC(C)OC(=O)c1ccc(O[C@H]2CC[C@H](NC(=O)Nc3ccc(OC(F)(F)F)cc3)CC2)cc1. The van der Waals surface area contributed by atoms with Crippen molar-refractivity contribution in [2.24, 2.45) is 0 Å². The van der Waals surface area contributed by atoms with Crippen molar-refractivity contribution in [1.82, 2.24) is 5.32 Å². The van der Waals surface area contributed by atoms with Gasteiger partial charge in [-0.15, -0.1) is 13.2 Å². The van der Waals surface area contributed by atoms with Crippen LogP contribution in [0, 0.1) is 0 Å². The number of alkyl halides is 3. The lowest BCUT2D eigenvalue weighted by Gasteiger charge is -2.29. The van der Waals surface area contributed by atoms with Gasteiger partial charge in [0.1, 0.15) is 11.5 Å². The number of esters is 1. The molecule has 0 spiro atoms. The van der Waals surface area contributed by atoms with Crippen molar-refractivity contribution in [2.75, 3.05) is 5.32 Å². The molecule has 0 bridgehead atoms. The zero-order chi connectivity index (χ0) is 24.7. The molecule has 2 aromatic carbocycles. The van der Waals surface area contributed by atoms with Crippen LogP contribution < -0.4 is 20.1 Å². The van der Waals surface area contributed by atoms with Gasteiger partial charge in [-0.05, 0) is 88.1 Å². The number of carbonyl (C=O) groups is 2. The Morgan fingerprint density at radius 3 is 2.06 bits per heavy atom. The van der Waals surface area contributed by atoms with Gasteiger partial charge < -0.3 is 24.8 Å². The number of ether oxygens (including phenoxy) is 3. The van der Waals surface area contributed by atoms with E-state index in [1.807, 2.05) is 0 Å². The molecule has 184 valence electrons. The first-order chi connectivity index (χ1) is 16.1. The van der Waals surface area contributed by atoms with E-state index in [-0.39, 0.29) is 30.0 Å². The van der Waals surface area contributed by atoms with Crippen molar-refractivity contribution in [3.8, 4) is 11.5 Å². The molecule has 0 radical (unpaired) electrons. The highest BCUT2D eigenvalue weighted by molar-refractivity contribution is 5.90. The summed E-state index contributed by atoms with van der Waals surface area (Å²) in [5.74, 6) is -0.0768. The topological polar surface area (TPSA) is 85.9 Å². The molecule has 0 atom stereocenters. The van der Waals surface area contributed by atoms with Gasteiger partial charge in [-0.1, -0.05) is 0 Å². The van der Waals surface area contributed by atoms with Crippen molar-refractivity contribution in [3.05, 3.63) is 54.1 Å². The lowest BCUT2D eigenvalue weighted by Crippen LogP contribution is -2.41. The van der Waals surface area contributed by atoms with Crippen LogP contribution in [0.2, 0.25) is 0 Å². The Kier molecular flexibility index (Phi) is 8.25. The Bertz CT molecular complexity index is 954. The quantitative estimate of drug-likeness (QED) is 0.500. The van der Waals surface area contributed by atoms with Crippen LogP contribution in [0.1, 0.15) is 49.9 Å². The smallest absolute Gasteiger partial charge is 0.490 e. The molecule has 2 N–H and O–H groups in total. The zero-order valence-electron chi connectivity index (χ0n) is 18.9. The average Bonchev–Trinajstić information content (AvgIpc) is 2.75. The molecule has 7 nitrogen and oxygen atoms in total. The van der Waals surface area contributed by atoms with Gasteiger partial charge in [0.15, 0.2) is 0 Å². The molecule has 0 aromatic heterocycles. The van der Waals surface area contributed by atoms with Crippen LogP contribution in [0.5, 0.6) is 11.5 Å². The normalized spacial score (nSPS) is 18.2. The summed E-state index contributed by atoms with van der Waals surface area (Å²) in [7, 11) is 0. The second kappa shape index (κ2) is 11.1. The highest BCUT2D eigenvalue weighted by Gasteiger charge is 2.31. The Morgan fingerprint density at radius 2 is 1.50 bits per heavy atom. The second-order valence-electron chi connectivity index (χ2n) is 8.24. The minimum absolute atomic E-state index is 0.00393. The van der Waals surface area contributed by atoms with Crippen LogP contribution >= 0.6 is 0 Å². The summed E-state index contributed by atoms with van der Waals surface area (Å²) in [6.45, 7) is 3.58. The lowest BCUT2D eigenvalue weighted by atomic mass is 9.93. The molecule has 1 fully saturated rings. The zero-order valence-corrected chi connectivity index (χ0v) is 18.9. The van der Waals surface area contributed by atoms with Crippen molar-refractivity contribution in [1.29, 1.82) is 0 Å². The van der Waals surface area contributed by atoms with E-state index in [0.717, 1.165) is 37.8 Å². The monoisotopic (exact) mass is 480 g/mol. The largest absolute Gasteiger partial charge is 0.573 e. The van der Waals surface area contributed by atoms with Gasteiger partial charge in [-0.3, -0.25) is 0 Å². The molecule has 2 amide bonds. The highest BCUT2D eigenvalue weighted by Crippen LogP contribution is 2.26. The fraction of sp³-hybridized carbons (Fsp3) is 0.417. The fourth-order valence-corrected chi connectivity index (χ4v) is 3.56. The summed E-state index contributed by atoms with van der Waals surface area (Å²) in [5.41, 5.74) is 0.812. The molecule has 1 aliphatic carbocycles. The van der Waals surface area contributed by atoms with E-state index in [1.165, 1.54) is 12.1 Å². The third kappa shape index (κ3) is 8.17. The number of urea groups is 1. The van der Waals surface area contributed by atoms with E-state index in [4.69, 9.17) is 9.47 Å². The number of halogens is 3. The first kappa shape index (κ1) is 25.2. The number of benzene rings is 2. The molecular formula is C24H27F3N2O5. The summed E-state index contributed by atoms with van der Waals surface area (Å²) in [4.78, 5) is 24.1. The van der Waals surface area contributed by atoms with Gasteiger partial charge >= 0.3 is 18.4 Å². The number of anilines is 1. The van der Waals surface area contributed by atoms with Gasteiger partial charge in [-0.25, -0.2) is 9.59 Å². The Balaban J connectivity index is 1.40. The maximum absolute atomic E-state index is 12.2. The minimum atomic E-state index is -4.76. The van der Waals surface area contributed by atoms with Gasteiger partial charge in [0, 0.05) is 11.7 Å². The van der Waals surface area contributed by atoms with Gasteiger partial charge in [-0.2, -0.15) is 0 Å². The second-order valence-corrected chi connectivity index (χ2v) is 8.24. The Labute approximate surface area is 195 Å². The molecule has 0 aliphatic heterocycles. The molecule has 0 saturated heterocycles. The molecular weight excluding hydrogens is 453 g/mol.